The first kappa shape index (κ1) is 28.6. The topological polar surface area (TPSA) is 138 Å². The van der Waals surface area contributed by atoms with E-state index < -0.39 is 23.5 Å². The summed E-state index contributed by atoms with van der Waals surface area (Å²) in [7, 11) is 0. The Balaban J connectivity index is 1.42. The Labute approximate surface area is 241 Å². The number of aliphatic carboxylic acids is 1. The van der Waals surface area contributed by atoms with Gasteiger partial charge in [0, 0.05) is 31.2 Å². The van der Waals surface area contributed by atoms with Crippen LogP contribution in [0.25, 0.3) is 16.6 Å². The van der Waals surface area contributed by atoms with Gasteiger partial charge in [0.1, 0.15) is 17.2 Å². The number of carbonyl (C=O) groups is 1. The fourth-order valence-electron chi connectivity index (χ4n) is 5.19. The van der Waals surface area contributed by atoms with E-state index in [1.807, 2.05) is 6.92 Å². The van der Waals surface area contributed by atoms with Crippen LogP contribution in [0.15, 0.2) is 76.7 Å². The molecule has 42 heavy (non-hydrogen) atoms. The van der Waals surface area contributed by atoms with Crippen LogP contribution < -0.4 is 5.56 Å². The van der Waals surface area contributed by atoms with Crippen LogP contribution in [0.5, 0.6) is 0 Å². The van der Waals surface area contributed by atoms with Gasteiger partial charge in [-0.15, -0.1) is 0 Å². The van der Waals surface area contributed by atoms with Crippen LogP contribution in [0.1, 0.15) is 67.6 Å². The first-order valence-electron chi connectivity index (χ1n) is 13.6. The Morgan fingerprint density at radius 2 is 1.95 bits per heavy atom. The van der Waals surface area contributed by atoms with Crippen molar-refractivity contribution < 1.29 is 24.2 Å². The van der Waals surface area contributed by atoms with Crippen molar-refractivity contribution in [2.24, 2.45) is 5.16 Å². The molecule has 9 nitrogen and oxygen atoms in total. The zero-order chi connectivity index (χ0) is 29.9. The Morgan fingerprint density at radius 3 is 2.69 bits per heavy atom. The highest BCUT2D eigenvalue weighted by molar-refractivity contribution is 6.03. The fourth-order valence-corrected chi connectivity index (χ4v) is 5.19. The first-order valence-corrected chi connectivity index (χ1v) is 13.6. The highest BCUT2D eigenvalue weighted by Crippen LogP contribution is 2.35. The molecule has 1 aliphatic heterocycles. The molecule has 2 atom stereocenters. The highest BCUT2D eigenvalue weighted by Gasteiger charge is 2.37. The minimum absolute atomic E-state index is 0.00948. The average Bonchev–Trinajstić information content (AvgIpc) is 3.37. The lowest BCUT2D eigenvalue weighted by atomic mass is 9.88. The molecular formula is C32H29FN4O5. The summed E-state index contributed by atoms with van der Waals surface area (Å²) in [5.41, 5.74) is 2.26. The lowest BCUT2D eigenvalue weighted by Gasteiger charge is -2.24. The quantitative estimate of drug-likeness (QED) is 0.251. The summed E-state index contributed by atoms with van der Waals surface area (Å²) in [4.78, 5) is 35.2. The van der Waals surface area contributed by atoms with Gasteiger partial charge in [-0.1, -0.05) is 23.4 Å². The molecule has 3 aromatic carbocycles. The minimum Gasteiger partial charge on any atom is -0.481 e. The van der Waals surface area contributed by atoms with Gasteiger partial charge >= 0.3 is 5.97 Å². The molecule has 0 radical (unpaired) electrons. The predicted octanol–water partition coefficient (Wildman–Crippen LogP) is 5.20. The molecule has 0 aliphatic carbocycles. The molecular weight excluding hydrogens is 539 g/mol. The van der Waals surface area contributed by atoms with Crippen LogP contribution in [-0.4, -0.2) is 37.0 Å². The van der Waals surface area contributed by atoms with Crippen molar-refractivity contribution in [3.8, 4) is 11.8 Å². The molecule has 1 aromatic heterocycles. The van der Waals surface area contributed by atoms with E-state index in [9.17, 15) is 24.3 Å². The van der Waals surface area contributed by atoms with Gasteiger partial charge in [0.2, 0.25) is 0 Å². The number of nitrogens with zero attached hydrogens (tertiary/aromatic N) is 4. The summed E-state index contributed by atoms with van der Waals surface area (Å²) < 4.78 is 15.1. The predicted molar refractivity (Wildman–Crippen MR) is 154 cm³/mol. The number of fused-ring (bicyclic) bond motifs is 1. The van der Waals surface area contributed by atoms with Crippen LogP contribution in [0.2, 0.25) is 0 Å². The summed E-state index contributed by atoms with van der Waals surface area (Å²) in [5, 5.41) is 33.7. The summed E-state index contributed by atoms with van der Waals surface area (Å²) in [5.74, 6) is -0.876. The molecule has 0 amide bonds. The van der Waals surface area contributed by atoms with E-state index >= 15 is 0 Å². The summed E-state index contributed by atoms with van der Waals surface area (Å²) in [6.45, 7) is 1.86. The maximum absolute atomic E-state index is 13.6. The number of hydrogen-bond acceptors (Lipinski definition) is 7. The number of benzene rings is 3. The van der Waals surface area contributed by atoms with Crippen molar-refractivity contribution in [1.82, 2.24) is 9.55 Å². The summed E-state index contributed by atoms with van der Waals surface area (Å²) in [6.07, 6.45) is 1.09. The van der Waals surface area contributed by atoms with E-state index in [0.29, 0.717) is 64.9 Å². The second-order valence-corrected chi connectivity index (χ2v) is 10.7. The number of rotatable bonds is 10. The molecule has 2 heterocycles. The van der Waals surface area contributed by atoms with Gasteiger partial charge in [-0.25, -0.2) is 9.37 Å². The second kappa shape index (κ2) is 11.9. The van der Waals surface area contributed by atoms with Crippen LogP contribution in [0.3, 0.4) is 0 Å². The first-order chi connectivity index (χ1) is 20.2. The Morgan fingerprint density at radius 1 is 1.17 bits per heavy atom. The van der Waals surface area contributed by atoms with E-state index in [0.717, 1.165) is 5.56 Å². The van der Waals surface area contributed by atoms with Crippen molar-refractivity contribution in [2.75, 3.05) is 0 Å². The fraction of sp³-hybridized carbons (Fsp3) is 0.281. The van der Waals surface area contributed by atoms with Crippen LogP contribution in [-0.2, 0) is 16.1 Å². The molecule has 0 unspecified atom stereocenters. The maximum atomic E-state index is 13.6. The number of carboxylic acids is 1. The highest BCUT2D eigenvalue weighted by atomic mass is 19.1. The van der Waals surface area contributed by atoms with Gasteiger partial charge in [0.25, 0.3) is 5.56 Å². The molecule has 1 aliphatic rings. The van der Waals surface area contributed by atoms with Crippen LogP contribution >= 0.6 is 0 Å². The van der Waals surface area contributed by atoms with Gasteiger partial charge < -0.3 is 15.1 Å². The Hall–Kier alpha value is -4.88. The zero-order valence-electron chi connectivity index (χ0n) is 23.0. The van der Waals surface area contributed by atoms with Crippen molar-refractivity contribution in [2.45, 2.75) is 57.2 Å². The molecule has 0 saturated carbocycles. The molecule has 10 heteroatoms. The van der Waals surface area contributed by atoms with Crippen LogP contribution in [0.4, 0.5) is 4.39 Å². The minimum atomic E-state index is -0.892. The largest absolute Gasteiger partial charge is 0.481 e. The zero-order valence-corrected chi connectivity index (χ0v) is 23.0. The SMILES string of the molecule is C[C@]1(C[C@H](O)c2cccc(C#N)c2)CC(c2ccc3c(=O)n(-c4ccc(F)cc4)c(CCCCC(=O)O)nc3c2)=NO1. The van der Waals surface area contributed by atoms with Gasteiger partial charge in [-0.2, -0.15) is 5.26 Å². The number of aryl methyl sites for hydroxylation is 1. The molecule has 0 bridgehead atoms. The molecule has 0 saturated heterocycles. The lowest BCUT2D eigenvalue weighted by molar-refractivity contribution is -0.137. The van der Waals surface area contributed by atoms with E-state index in [-0.39, 0.29) is 18.4 Å². The third-order valence-electron chi connectivity index (χ3n) is 7.34. The van der Waals surface area contributed by atoms with Crippen molar-refractivity contribution in [3.05, 3.63) is 105 Å². The third kappa shape index (κ3) is 6.21. The molecule has 0 fully saturated rings. The van der Waals surface area contributed by atoms with E-state index in [1.54, 1.807) is 42.5 Å². The Bertz CT molecular complexity index is 1780. The number of carboxylic acid groups (broad SMARTS) is 1. The standard InChI is InChI=1S/C32H29FN4O5/c1-32(18-28(38)22-6-4-5-20(15-22)19-34)17-27(36-42-32)21-9-14-25-26(16-21)35-29(7-2-3-8-30(39)40)37(31(25)41)24-12-10-23(33)11-13-24/h4-6,9-16,28,38H,2-3,7-8,17-18H2,1H3,(H,39,40)/t28-,32+/m0/s1. The monoisotopic (exact) mass is 568 g/mol. The smallest absolute Gasteiger partial charge is 0.303 e. The molecule has 5 rings (SSSR count). The number of aliphatic hydroxyl groups excluding tert-OH is 1. The number of hydrogen-bond donors (Lipinski definition) is 2. The van der Waals surface area contributed by atoms with Gasteiger partial charge in [-0.05, 0) is 73.9 Å². The normalized spacial score (nSPS) is 17.0. The molecule has 0 spiro atoms. The molecule has 4 aromatic rings. The summed E-state index contributed by atoms with van der Waals surface area (Å²) in [6, 6.07) is 19.7. The van der Waals surface area contributed by atoms with E-state index in [2.05, 4.69) is 11.2 Å². The number of nitriles is 1. The van der Waals surface area contributed by atoms with Crippen molar-refractivity contribution >= 4 is 22.6 Å². The maximum Gasteiger partial charge on any atom is 0.303 e. The van der Waals surface area contributed by atoms with Crippen molar-refractivity contribution in [3.63, 3.8) is 0 Å². The second-order valence-electron chi connectivity index (χ2n) is 10.7. The van der Waals surface area contributed by atoms with Crippen molar-refractivity contribution in [1.29, 1.82) is 5.26 Å². The summed E-state index contributed by atoms with van der Waals surface area (Å²) >= 11 is 0. The lowest BCUT2D eigenvalue weighted by Crippen LogP contribution is -2.27. The van der Waals surface area contributed by atoms with E-state index in [4.69, 9.17) is 14.9 Å². The molecule has 214 valence electrons. The number of aromatic nitrogens is 2. The Kier molecular flexibility index (Phi) is 8.13. The molecule has 2 N–H and O–H groups in total. The average molecular weight is 569 g/mol. The number of aliphatic hydroxyl groups is 1. The van der Waals surface area contributed by atoms with Gasteiger partial charge in [0.15, 0.2) is 0 Å². The van der Waals surface area contributed by atoms with E-state index in [1.165, 1.54) is 28.8 Å². The van der Waals surface area contributed by atoms with Gasteiger partial charge in [-0.3, -0.25) is 14.2 Å². The number of halogens is 1. The van der Waals surface area contributed by atoms with Gasteiger partial charge in [0.05, 0.1) is 40.0 Å². The third-order valence-corrected chi connectivity index (χ3v) is 7.34. The number of oxime groups is 1. The number of unbranched alkanes of at least 4 members (excludes halogenated alkanes) is 1. The van der Waals surface area contributed by atoms with Crippen LogP contribution in [0, 0.1) is 17.1 Å².